The Morgan fingerprint density at radius 3 is 1.93 bits per heavy atom. The first kappa shape index (κ1) is 16.5. The minimum atomic E-state index is -2.00. The summed E-state index contributed by atoms with van der Waals surface area (Å²) in [7, 11) is 0. The van der Waals surface area contributed by atoms with E-state index in [1.807, 2.05) is 0 Å². The molecule has 6 nitrogen and oxygen atoms in total. The van der Waals surface area contributed by atoms with Crippen molar-refractivity contribution in [1.29, 1.82) is 0 Å². The molecule has 0 saturated carbocycles. The van der Waals surface area contributed by atoms with Crippen LogP contribution >= 0.6 is 0 Å². The van der Waals surface area contributed by atoms with Gasteiger partial charge >= 0.3 is 51.5 Å². The van der Waals surface area contributed by atoms with E-state index in [9.17, 15) is 4.79 Å². The molecule has 1 amide bonds. The van der Waals surface area contributed by atoms with Crippen molar-refractivity contribution < 1.29 is 56.3 Å². The molecule has 0 spiro atoms. The monoisotopic (exact) mass is 273 g/mol. The molecule has 0 radical (unpaired) electrons. The number of hydrogen-bond acceptors (Lipinski definition) is 5. The number of amides is 1. The van der Waals surface area contributed by atoms with Gasteiger partial charge in [-0.1, -0.05) is 6.42 Å². The van der Waals surface area contributed by atoms with Crippen molar-refractivity contribution in [2.75, 3.05) is 6.54 Å². The van der Waals surface area contributed by atoms with Crippen molar-refractivity contribution in [3.8, 4) is 0 Å². The standard InChI is InChI=1S/C6H11NO.4O.2Ti/c8-6-4-2-1-3-5-7-6;;;;;;/h1-5H2,(H,7,8);;;;;;. The van der Waals surface area contributed by atoms with Gasteiger partial charge in [-0.3, -0.25) is 4.79 Å². The number of rotatable bonds is 0. The first-order valence-electron chi connectivity index (χ1n) is 3.98. The van der Waals surface area contributed by atoms with Crippen molar-refractivity contribution in [2.24, 2.45) is 0 Å². The molecule has 1 saturated heterocycles. The number of carbonyl (C=O) groups excluding carboxylic acids is 1. The Morgan fingerprint density at radius 1 is 0.929 bits per heavy atom. The van der Waals surface area contributed by atoms with Gasteiger partial charge in [0.2, 0.25) is 5.91 Å². The molecule has 0 aromatic carbocycles. The Balaban J connectivity index is 0. The molecule has 14 heavy (non-hydrogen) atoms. The van der Waals surface area contributed by atoms with Crippen LogP contribution in [0.4, 0.5) is 0 Å². The van der Waals surface area contributed by atoms with Crippen LogP contribution in [0.25, 0.3) is 0 Å². The predicted octanol–water partition coefficient (Wildman–Crippen LogP) is 0.196. The average molecular weight is 273 g/mol. The van der Waals surface area contributed by atoms with Crippen LogP contribution in [0.1, 0.15) is 25.7 Å². The van der Waals surface area contributed by atoms with Crippen molar-refractivity contribution in [3.05, 3.63) is 0 Å². The molecular formula is C6H11NO5Ti2. The van der Waals surface area contributed by atoms with Crippen LogP contribution < -0.4 is 5.32 Å². The topological polar surface area (TPSA) is 97.4 Å². The fraction of sp³-hybridized carbons (Fsp3) is 0.833. The van der Waals surface area contributed by atoms with Gasteiger partial charge in [0.05, 0.1) is 0 Å². The summed E-state index contributed by atoms with van der Waals surface area (Å²) in [5.74, 6) is 0.225. The van der Waals surface area contributed by atoms with E-state index < -0.39 is 38.2 Å². The summed E-state index contributed by atoms with van der Waals surface area (Å²) < 4.78 is 34.0. The van der Waals surface area contributed by atoms with Gasteiger partial charge < -0.3 is 5.32 Å². The SMILES string of the molecule is O=C1CCCCCN1.[O]=[Ti]=[O].[O]=[Ti]=[O]. The zero-order valence-corrected chi connectivity index (χ0v) is 10.7. The molecule has 0 atom stereocenters. The number of carbonyl (C=O) groups is 1. The van der Waals surface area contributed by atoms with E-state index >= 15 is 0 Å². The van der Waals surface area contributed by atoms with E-state index in [0.717, 1.165) is 25.8 Å². The van der Waals surface area contributed by atoms with Crippen LogP contribution in [0.2, 0.25) is 0 Å². The van der Waals surface area contributed by atoms with Gasteiger partial charge in [-0.2, -0.15) is 0 Å². The molecule has 0 aromatic heterocycles. The molecule has 1 fully saturated rings. The number of hydrogen-bond donors (Lipinski definition) is 1. The summed E-state index contributed by atoms with van der Waals surface area (Å²) in [5.41, 5.74) is 0. The van der Waals surface area contributed by atoms with Gasteiger partial charge in [0, 0.05) is 13.0 Å². The second kappa shape index (κ2) is 15.6. The maximum absolute atomic E-state index is 10.6. The summed E-state index contributed by atoms with van der Waals surface area (Å²) in [6.07, 6.45) is 4.18. The van der Waals surface area contributed by atoms with E-state index in [-0.39, 0.29) is 5.91 Å². The minimum absolute atomic E-state index is 0.225. The van der Waals surface area contributed by atoms with Gasteiger partial charge in [-0.25, -0.2) is 0 Å². The van der Waals surface area contributed by atoms with E-state index in [1.165, 1.54) is 6.42 Å². The average Bonchev–Trinajstić information content (AvgIpc) is 2.35. The second-order valence-corrected chi connectivity index (χ2v) is 2.85. The molecule has 0 bridgehead atoms. The third-order valence-electron chi connectivity index (χ3n) is 1.40. The third-order valence-corrected chi connectivity index (χ3v) is 1.40. The Hall–Kier alpha value is 0.0986. The zero-order valence-electron chi connectivity index (χ0n) is 7.58. The van der Waals surface area contributed by atoms with Gasteiger partial charge in [-0.05, 0) is 12.8 Å². The molecule has 0 aliphatic carbocycles. The molecular weight excluding hydrogens is 262 g/mol. The van der Waals surface area contributed by atoms with E-state index in [0.29, 0.717) is 0 Å². The van der Waals surface area contributed by atoms with E-state index in [4.69, 9.17) is 13.3 Å². The fourth-order valence-electron chi connectivity index (χ4n) is 0.904. The molecule has 1 N–H and O–H groups in total. The first-order valence-corrected chi connectivity index (χ1v) is 6.53. The zero-order chi connectivity index (χ0) is 11.2. The van der Waals surface area contributed by atoms with Gasteiger partial charge in [0.25, 0.3) is 0 Å². The third kappa shape index (κ3) is 18.0. The quantitative estimate of drug-likeness (QED) is 0.635. The van der Waals surface area contributed by atoms with Crippen molar-refractivity contribution in [2.45, 2.75) is 25.7 Å². The molecule has 1 aliphatic heterocycles. The van der Waals surface area contributed by atoms with Crippen LogP contribution in [0.15, 0.2) is 0 Å². The van der Waals surface area contributed by atoms with Crippen LogP contribution in [0, 0.1) is 0 Å². The van der Waals surface area contributed by atoms with Crippen molar-refractivity contribution >= 4 is 5.91 Å². The van der Waals surface area contributed by atoms with Crippen molar-refractivity contribution in [1.82, 2.24) is 5.32 Å². The Labute approximate surface area is 99.3 Å². The van der Waals surface area contributed by atoms with Gasteiger partial charge in [0.1, 0.15) is 0 Å². The van der Waals surface area contributed by atoms with Crippen LogP contribution in [-0.2, 0) is 56.3 Å². The van der Waals surface area contributed by atoms with E-state index in [1.54, 1.807) is 0 Å². The predicted molar refractivity (Wildman–Crippen MR) is 34.2 cm³/mol. The Bertz CT molecular complexity index is 198. The molecule has 1 aliphatic rings. The molecule has 78 valence electrons. The summed E-state index contributed by atoms with van der Waals surface area (Å²) in [6, 6.07) is 0. The van der Waals surface area contributed by atoms with Crippen LogP contribution in [0.5, 0.6) is 0 Å². The second-order valence-electron chi connectivity index (χ2n) is 2.33. The maximum atomic E-state index is 10.6. The summed E-state index contributed by atoms with van der Waals surface area (Å²) in [4.78, 5) is 10.6. The Kier molecular flexibility index (Phi) is 18.4. The van der Waals surface area contributed by atoms with Crippen LogP contribution in [0.3, 0.4) is 0 Å². The van der Waals surface area contributed by atoms with Gasteiger partial charge in [0.15, 0.2) is 0 Å². The molecule has 8 heteroatoms. The van der Waals surface area contributed by atoms with E-state index in [2.05, 4.69) is 5.32 Å². The van der Waals surface area contributed by atoms with Gasteiger partial charge in [-0.15, -0.1) is 0 Å². The molecule has 1 rings (SSSR count). The molecule has 0 unspecified atom stereocenters. The summed E-state index contributed by atoms with van der Waals surface area (Å²) >= 11 is -4.00. The molecule has 1 heterocycles. The molecule has 0 aromatic rings. The summed E-state index contributed by atoms with van der Waals surface area (Å²) in [6.45, 7) is 0.888. The normalized spacial score (nSPS) is 13.6. The fourth-order valence-corrected chi connectivity index (χ4v) is 0.904. The number of nitrogens with one attached hydrogen (secondary N) is 1. The Morgan fingerprint density at radius 2 is 1.43 bits per heavy atom. The summed E-state index contributed by atoms with van der Waals surface area (Å²) in [5, 5.41) is 2.81. The van der Waals surface area contributed by atoms with Crippen LogP contribution in [-0.4, -0.2) is 12.5 Å². The van der Waals surface area contributed by atoms with Crippen molar-refractivity contribution in [3.63, 3.8) is 0 Å². The first-order chi connectivity index (χ1) is 6.72.